The number of amides is 2. The van der Waals surface area contributed by atoms with Gasteiger partial charge in [0, 0.05) is 23.9 Å². The summed E-state index contributed by atoms with van der Waals surface area (Å²) in [7, 11) is 0. The molecule has 0 aliphatic rings. The fraction of sp³-hybridized carbons (Fsp3) is 0.0417. The van der Waals surface area contributed by atoms with Crippen LogP contribution < -0.4 is 10.6 Å². The minimum absolute atomic E-state index is 0.146. The zero-order chi connectivity index (χ0) is 20.9. The van der Waals surface area contributed by atoms with Crippen molar-refractivity contribution < 1.29 is 9.59 Å². The second kappa shape index (κ2) is 8.45. The number of carbonyl (C=O) groups is 2. The first-order valence-corrected chi connectivity index (χ1v) is 9.50. The lowest BCUT2D eigenvalue weighted by Crippen LogP contribution is -2.17. The summed E-state index contributed by atoms with van der Waals surface area (Å²) in [5.41, 5.74) is 4.15. The third kappa shape index (κ3) is 4.28. The predicted octanol–water partition coefficient (Wildman–Crippen LogP) is 4.75. The minimum atomic E-state index is -0.277. The maximum absolute atomic E-state index is 13.1. The van der Waals surface area contributed by atoms with E-state index in [1.807, 2.05) is 60.7 Å². The van der Waals surface area contributed by atoms with Gasteiger partial charge in [0.05, 0.1) is 11.4 Å². The molecule has 0 aliphatic heterocycles. The number of anilines is 2. The van der Waals surface area contributed by atoms with E-state index >= 15 is 0 Å². The Kier molecular flexibility index (Phi) is 5.39. The van der Waals surface area contributed by atoms with Crippen molar-refractivity contribution in [1.82, 2.24) is 9.78 Å². The fourth-order valence-corrected chi connectivity index (χ4v) is 3.09. The molecule has 0 radical (unpaired) electrons. The molecule has 30 heavy (non-hydrogen) atoms. The molecule has 0 spiro atoms. The van der Waals surface area contributed by atoms with Gasteiger partial charge >= 0.3 is 0 Å². The molecular formula is C24H20N4O2. The molecule has 0 fully saturated rings. The molecule has 6 nitrogen and oxygen atoms in total. The zero-order valence-electron chi connectivity index (χ0n) is 16.4. The number of hydrogen-bond donors (Lipinski definition) is 2. The second-order valence-electron chi connectivity index (χ2n) is 6.74. The Balaban J connectivity index is 1.65. The number of rotatable bonds is 5. The van der Waals surface area contributed by atoms with Crippen LogP contribution in [0.15, 0.2) is 91.0 Å². The Morgan fingerprint density at radius 3 is 1.93 bits per heavy atom. The quantitative estimate of drug-likeness (QED) is 0.511. The molecule has 0 bridgehead atoms. The standard InChI is InChI=1S/C24H20N4O2/c1-17(29)25-19-12-14-20(15-13-19)26-24(30)23-16-22(18-8-4-2-5-9-18)27-28(23)21-10-6-3-7-11-21/h2-16H,1H3,(H,25,29)(H,26,30). The average molecular weight is 396 g/mol. The van der Waals surface area contributed by atoms with Gasteiger partial charge in [0.2, 0.25) is 5.91 Å². The normalized spacial score (nSPS) is 10.4. The summed E-state index contributed by atoms with van der Waals surface area (Å²) >= 11 is 0. The number of nitrogens with zero attached hydrogens (tertiary/aromatic N) is 2. The molecule has 6 heteroatoms. The molecule has 0 aliphatic carbocycles. The van der Waals surface area contributed by atoms with Crippen LogP contribution in [-0.4, -0.2) is 21.6 Å². The molecule has 1 aromatic heterocycles. The van der Waals surface area contributed by atoms with Crippen LogP contribution >= 0.6 is 0 Å². The van der Waals surface area contributed by atoms with Crippen molar-refractivity contribution in [3.8, 4) is 16.9 Å². The van der Waals surface area contributed by atoms with E-state index in [0.717, 1.165) is 11.3 Å². The van der Waals surface area contributed by atoms with E-state index < -0.39 is 0 Å². The highest BCUT2D eigenvalue weighted by Gasteiger charge is 2.18. The molecule has 148 valence electrons. The Hall–Kier alpha value is -4.19. The molecule has 2 amide bonds. The summed E-state index contributed by atoms with van der Waals surface area (Å²) < 4.78 is 1.64. The van der Waals surface area contributed by atoms with Crippen LogP contribution in [0.1, 0.15) is 17.4 Å². The molecule has 0 saturated carbocycles. The van der Waals surface area contributed by atoms with Gasteiger partial charge in [-0.05, 0) is 42.5 Å². The average Bonchev–Trinajstić information content (AvgIpc) is 3.22. The summed E-state index contributed by atoms with van der Waals surface area (Å²) in [4.78, 5) is 24.2. The highest BCUT2D eigenvalue weighted by Crippen LogP contribution is 2.23. The van der Waals surface area contributed by atoms with E-state index in [1.165, 1.54) is 6.92 Å². The lowest BCUT2D eigenvalue weighted by molar-refractivity contribution is -0.114. The van der Waals surface area contributed by atoms with Crippen molar-refractivity contribution >= 4 is 23.2 Å². The number of aromatic nitrogens is 2. The van der Waals surface area contributed by atoms with Gasteiger partial charge in [-0.3, -0.25) is 9.59 Å². The lowest BCUT2D eigenvalue weighted by atomic mass is 10.1. The van der Waals surface area contributed by atoms with Crippen LogP contribution in [0.5, 0.6) is 0 Å². The number of nitrogens with one attached hydrogen (secondary N) is 2. The van der Waals surface area contributed by atoms with E-state index in [9.17, 15) is 9.59 Å². The van der Waals surface area contributed by atoms with Crippen molar-refractivity contribution in [2.24, 2.45) is 0 Å². The molecule has 4 rings (SSSR count). The van der Waals surface area contributed by atoms with Crippen LogP contribution in [0, 0.1) is 0 Å². The number of carbonyl (C=O) groups excluding carboxylic acids is 2. The van der Waals surface area contributed by atoms with Gasteiger partial charge < -0.3 is 10.6 Å². The maximum Gasteiger partial charge on any atom is 0.274 e. The van der Waals surface area contributed by atoms with Crippen molar-refractivity contribution in [2.45, 2.75) is 6.92 Å². The zero-order valence-corrected chi connectivity index (χ0v) is 16.4. The van der Waals surface area contributed by atoms with Crippen molar-refractivity contribution in [3.05, 3.63) is 96.7 Å². The Labute approximate surface area is 174 Å². The van der Waals surface area contributed by atoms with Crippen LogP contribution in [0.2, 0.25) is 0 Å². The molecule has 0 unspecified atom stereocenters. The lowest BCUT2D eigenvalue weighted by Gasteiger charge is -2.09. The summed E-state index contributed by atoms with van der Waals surface area (Å²) in [6.45, 7) is 1.45. The van der Waals surface area contributed by atoms with Gasteiger partial charge in [0.1, 0.15) is 5.69 Å². The van der Waals surface area contributed by atoms with Gasteiger partial charge in [0.25, 0.3) is 5.91 Å². The predicted molar refractivity (Wildman–Crippen MR) is 118 cm³/mol. The van der Waals surface area contributed by atoms with Crippen molar-refractivity contribution in [2.75, 3.05) is 10.6 Å². The van der Waals surface area contributed by atoms with Gasteiger partial charge in [-0.1, -0.05) is 48.5 Å². The summed E-state index contributed by atoms with van der Waals surface area (Å²) in [6, 6.07) is 28.0. The summed E-state index contributed by atoms with van der Waals surface area (Å²) in [6.07, 6.45) is 0. The highest BCUT2D eigenvalue weighted by atomic mass is 16.2. The van der Waals surface area contributed by atoms with Crippen LogP contribution in [0.4, 0.5) is 11.4 Å². The van der Waals surface area contributed by atoms with E-state index in [-0.39, 0.29) is 11.8 Å². The van der Waals surface area contributed by atoms with Gasteiger partial charge in [-0.15, -0.1) is 0 Å². The molecule has 0 saturated heterocycles. The summed E-state index contributed by atoms with van der Waals surface area (Å²) in [5, 5.41) is 10.3. The first-order chi connectivity index (χ1) is 14.6. The third-order valence-corrected chi connectivity index (χ3v) is 4.48. The van der Waals surface area contributed by atoms with Gasteiger partial charge in [0.15, 0.2) is 0 Å². The minimum Gasteiger partial charge on any atom is -0.326 e. The monoisotopic (exact) mass is 396 g/mol. The van der Waals surface area contributed by atoms with E-state index in [0.29, 0.717) is 22.8 Å². The highest BCUT2D eigenvalue weighted by molar-refractivity contribution is 6.04. The Bertz CT molecular complexity index is 1170. The number of hydrogen-bond acceptors (Lipinski definition) is 3. The van der Waals surface area contributed by atoms with Crippen LogP contribution in [0.25, 0.3) is 16.9 Å². The number of para-hydroxylation sites is 1. The van der Waals surface area contributed by atoms with Crippen molar-refractivity contribution in [3.63, 3.8) is 0 Å². The SMILES string of the molecule is CC(=O)Nc1ccc(NC(=O)c2cc(-c3ccccc3)nn2-c2ccccc2)cc1. The van der Waals surface area contributed by atoms with Crippen molar-refractivity contribution in [1.29, 1.82) is 0 Å². The second-order valence-corrected chi connectivity index (χ2v) is 6.74. The molecule has 0 atom stereocenters. The smallest absolute Gasteiger partial charge is 0.274 e. The largest absolute Gasteiger partial charge is 0.326 e. The molecule has 4 aromatic rings. The maximum atomic E-state index is 13.1. The first kappa shape index (κ1) is 19.1. The topological polar surface area (TPSA) is 76.0 Å². The van der Waals surface area contributed by atoms with Gasteiger partial charge in [-0.2, -0.15) is 5.10 Å². The summed E-state index contributed by atoms with van der Waals surface area (Å²) in [5.74, 6) is -0.423. The van der Waals surface area contributed by atoms with Crippen LogP contribution in [0.3, 0.4) is 0 Å². The third-order valence-electron chi connectivity index (χ3n) is 4.48. The fourth-order valence-electron chi connectivity index (χ4n) is 3.09. The Morgan fingerprint density at radius 1 is 0.767 bits per heavy atom. The number of benzene rings is 3. The molecule has 2 N–H and O–H groups in total. The van der Waals surface area contributed by atoms with E-state index in [2.05, 4.69) is 15.7 Å². The molecule has 3 aromatic carbocycles. The van der Waals surface area contributed by atoms with E-state index in [4.69, 9.17) is 0 Å². The first-order valence-electron chi connectivity index (χ1n) is 9.50. The van der Waals surface area contributed by atoms with Gasteiger partial charge in [-0.25, -0.2) is 4.68 Å². The Morgan fingerprint density at radius 2 is 1.33 bits per heavy atom. The molecule has 1 heterocycles. The van der Waals surface area contributed by atoms with E-state index in [1.54, 1.807) is 35.0 Å². The molecular weight excluding hydrogens is 376 g/mol. The van der Waals surface area contributed by atoms with Crippen LogP contribution in [-0.2, 0) is 4.79 Å².